The number of oxime groups is 1. The van der Waals surface area contributed by atoms with Crippen LogP contribution in [0.1, 0.15) is 33.5 Å². The van der Waals surface area contributed by atoms with E-state index in [0.29, 0.717) is 5.56 Å². The number of esters is 1. The first-order chi connectivity index (χ1) is 11.2. The van der Waals surface area contributed by atoms with Gasteiger partial charge in [-0.25, -0.2) is 4.79 Å². The predicted molar refractivity (Wildman–Crippen MR) is 86.4 cm³/mol. The Labute approximate surface area is 134 Å². The highest BCUT2D eigenvalue weighted by Gasteiger charge is 2.65. The second-order valence-electron chi connectivity index (χ2n) is 6.10. The third kappa shape index (κ3) is 2.05. The maximum Gasteiger partial charge on any atom is 0.337 e. The van der Waals surface area contributed by atoms with E-state index in [1.165, 1.54) is 18.2 Å². The number of carbonyl (C=O) groups is 1. The largest absolute Gasteiger partial charge is 0.465 e. The number of nitrogens with zero attached hydrogens (tertiary/aromatic N) is 1. The summed E-state index contributed by atoms with van der Waals surface area (Å²) in [5, 5.41) is 4.32. The number of benzene rings is 2. The number of methoxy groups -OCH3 is 1. The maximum absolute atomic E-state index is 11.7. The fourth-order valence-electron chi connectivity index (χ4n) is 3.43. The monoisotopic (exact) mass is 307 g/mol. The van der Waals surface area contributed by atoms with E-state index in [2.05, 4.69) is 24.2 Å². The molecule has 2 aromatic rings. The molecular weight excluding hydrogens is 290 g/mol. The topological polar surface area (TPSA) is 47.9 Å². The molecule has 0 spiro atoms. The van der Waals surface area contributed by atoms with Gasteiger partial charge in [0.25, 0.3) is 0 Å². The molecule has 1 aliphatic heterocycles. The number of hydrogen-bond acceptors (Lipinski definition) is 4. The summed E-state index contributed by atoms with van der Waals surface area (Å²) >= 11 is 0. The van der Waals surface area contributed by atoms with Crippen LogP contribution in [-0.4, -0.2) is 18.8 Å². The number of aryl methyl sites for hydroxylation is 1. The van der Waals surface area contributed by atoms with Gasteiger partial charge in [-0.3, -0.25) is 0 Å². The lowest BCUT2D eigenvalue weighted by atomic mass is 9.96. The van der Waals surface area contributed by atoms with Crippen molar-refractivity contribution in [2.75, 3.05) is 7.11 Å². The van der Waals surface area contributed by atoms with Gasteiger partial charge in [-0.2, -0.15) is 0 Å². The van der Waals surface area contributed by atoms with E-state index in [9.17, 15) is 4.79 Å². The van der Waals surface area contributed by atoms with Gasteiger partial charge in [-0.05, 0) is 24.6 Å². The van der Waals surface area contributed by atoms with Gasteiger partial charge in [0.2, 0.25) is 0 Å². The van der Waals surface area contributed by atoms with Gasteiger partial charge in [0, 0.05) is 17.5 Å². The molecule has 0 bridgehead atoms. The van der Waals surface area contributed by atoms with Crippen LogP contribution in [0.3, 0.4) is 0 Å². The van der Waals surface area contributed by atoms with Gasteiger partial charge in [-0.15, -0.1) is 0 Å². The minimum absolute atomic E-state index is 0.247. The Hall–Kier alpha value is -2.62. The van der Waals surface area contributed by atoms with Gasteiger partial charge in [0.05, 0.1) is 24.3 Å². The minimum atomic E-state index is -0.340. The van der Waals surface area contributed by atoms with Gasteiger partial charge < -0.3 is 9.57 Å². The van der Waals surface area contributed by atoms with Gasteiger partial charge in [0.1, 0.15) is 0 Å². The SMILES string of the molecule is COC(=O)c1cccc(C2=NOC3(c4ccccc4C)CC23)c1. The number of ether oxygens (including phenoxy) is 1. The lowest BCUT2D eigenvalue weighted by Gasteiger charge is -2.13. The van der Waals surface area contributed by atoms with Crippen LogP contribution in [0.15, 0.2) is 53.7 Å². The van der Waals surface area contributed by atoms with Crippen LogP contribution in [-0.2, 0) is 15.2 Å². The van der Waals surface area contributed by atoms with Crippen molar-refractivity contribution in [3.8, 4) is 0 Å². The molecule has 2 aliphatic rings. The fraction of sp³-hybridized carbons (Fsp3) is 0.263. The molecular formula is C19H17NO3. The molecule has 1 aliphatic carbocycles. The zero-order chi connectivity index (χ0) is 16.0. The van der Waals surface area contributed by atoms with Gasteiger partial charge in [0.15, 0.2) is 5.60 Å². The van der Waals surface area contributed by atoms with Crippen molar-refractivity contribution < 1.29 is 14.4 Å². The summed E-state index contributed by atoms with van der Waals surface area (Å²) in [7, 11) is 1.38. The molecule has 0 N–H and O–H groups in total. The van der Waals surface area contributed by atoms with E-state index in [4.69, 9.17) is 9.57 Å². The van der Waals surface area contributed by atoms with Crippen LogP contribution >= 0.6 is 0 Å². The Morgan fingerprint density at radius 1 is 1.26 bits per heavy atom. The number of carbonyl (C=O) groups excluding carboxylic acids is 1. The zero-order valence-electron chi connectivity index (χ0n) is 13.1. The van der Waals surface area contributed by atoms with Crippen molar-refractivity contribution in [1.29, 1.82) is 0 Å². The third-order valence-corrected chi connectivity index (χ3v) is 4.73. The Bertz CT molecular complexity index is 827. The molecule has 0 amide bonds. The Kier molecular flexibility index (Phi) is 3.01. The normalized spacial score (nSPS) is 24.4. The van der Waals surface area contributed by atoms with E-state index in [1.54, 1.807) is 6.07 Å². The lowest BCUT2D eigenvalue weighted by Crippen LogP contribution is -2.12. The van der Waals surface area contributed by atoms with E-state index < -0.39 is 0 Å². The van der Waals surface area contributed by atoms with E-state index in [1.807, 2.05) is 30.3 Å². The molecule has 1 saturated carbocycles. The standard InChI is InChI=1S/C19H17NO3/c1-12-6-3-4-9-15(12)19-11-16(19)17(20-23-19)13-7-5-8-14(10-13)18(21)22-2/h3-10,16H,11H2,1-2H3. The van der Waals surface area contributed by atoms with E-state index in [0.717, 1.165) is 17.7 Å². The molecule has 1 fully saturated rings. The Morgan fingerprint density at radius 2 is 2.09 bits per heavy atom. The molecule has 0 radical (unpaired) electrons. The summed E-state index contributed by atoms with van der Waals surface area (Å²) in [6.07, 6.45) is 0.930. The lowest BCUT2D eigenvalue weighted by molar-refractivity contribution is 0.0444. The highest BCUT2D eigenvalue weighted by atomic mass is 16.7. The number of hydrogen-bond donors (Lipinski definition) is 0. The molecule has 2 atom stereocenters. The third-order valence-electron chi connectivity index (χ3n) is 4.73. The highest BCUT2D eigenvalue weighted by Crippen LogP contribution is 2.60. The highest BCUT2D eigenvalue weighted by molar-refractivity contribution is 6.07. The van der Waals surface area contributed by atoms with E-state index >= 15 is 0 Å². The first-order valence-corrected chi connectivity index (χ1v) is 7.66. The van der Waals surface area contributed by atoms with Crippen LogP contribution in [0.25, 0.3) is 0 Å². The molecule has 4 nitrogen and oxygen atoms in total. The molecule has 116 valence electrons. The molecule has 4 rings (SSSR count). The number of rotatable bonds is 3. The maximum atomic E-state index is 11.7. The second-order valence-corrected chi connectivity index (χ2v) is 6.10. The summed E-state index contributed by atoms with van der Waals surface area (Å²) in [5.41, 5.74) is 4.47. The smallest absolute Gasteiger partial charge is 0.337 e. The van der Waals surface area contributed by atoms with Gasteiger partial charge in [-0.1, -0.05) is 41.6 Å². The molecule has 0 saturated heterocycles. The van der Waals surface area contributed by atoms with Gasteiger partial charge >= 0.3 is 5.97 Å². The predicted octanol–water partition coefficient (Wildman–Crippen LogP) is 3.43. The second kappa shape index (κ2) is 4.95. The van der Waals surface area contributed by atoms with E-state index in [-0.39, 0.29) is 17.5 Å². The van der Waals surface area contributed by atoms with Crippen LogP contribution < -0.4 is 0 Å². The molecule has 1 heterocycles. The van der Waals surface area contributed by atoms with Crippen molar-refractivity contribution in [3.63, 3.8) is 0 Å². The fourth-order valence-corrected chi connectivity index (χ4v) is 3.43. The van der Waals surface area contributed by atoms with Crippen LogP contribution in [0.5, 0.6) is 0 Å². The van der Waals surface area contributed by atoms with Crippen molar-refractivity contribution >= 4 is 11.7 Å². The summed E-state index contributed by atoms with van der Waals surface area (Å²) in [4.78, 5) is 17.6. The summed E-state index contributed by atoms with van der Waals surface area (Å²) in [6.45, 7) is 2.10. The first kappa shape index (κ1) is 14.0. The summed E-state index contributed by atoms with van der Waals surface area (Å²) < 4.78 is 4.79. The zero-order valence-corrected chi connectivity index (χ0v) is 13.1. The molecule has 2 unspecified atom stereocenters. The van der Waals surface area contributed by atoms with Crippen LogP contribution in [0, 0.1) is 12.8 Å². The summed E-state index contributed by atoms with van der Waals surface area (Å²) in [5.74, 6) is -0.0937. The Morgan fingerprint density at radius 3 is 2.83 bits per heavy atom. The Balaban J connectivity index is 1.65. The molecule has 0 aromatic heterocycles. The van der Waals surface area contributed by atoms with Crippen molar-refractivity contribution in [2.24, 2.45) is 11.1 Å². The van der Waals surface area contributed by atoms with Crippen molar-refractivity contribution in [2.45, 2.75) is 18.9 Å². The first-order valence-electron chi connectivity index (χ1n) is 7.66. The number of fused-ring (bicyclic) bond motifs is 1. The minimum Gasteiger partial charge on any atom is -0.465 e. The van der Waals surface area contributed by atoms with Crippen molar-refractivity contribution in [3.05, 3.63) is 70.8 Å². The molecule has 4 heteroatoms. The quantitative estimate of drug-likeness (QED) is 0.816. The average Bonchev–Trinajstić information content (AvgIpc) is 3.20. The molecule has 2 aromatic carbocycles. The summed E-state index contributed by atoms with van der Waals surface area (Å²) in [6, 6.07) is 15.6. The van der Waals surface area contributed by atoms with Crippen molar-refractivity contribution in [1.82, 2.24) is 0 Å². The van der Waals surface area contributed by atoms with Crippen LogP contribution in [0.2, 0.25) is 0 Å². The van der Waals surface area contributed by atoms with Crippen LogP contribution in [0.4, 0.5) is 0 Å². The molecule has 23 heavy (non-hydrogen) atoms. The average molecular weight is 307 g/mol.